The second-order valence-corrected chi connectivity index (χ2v) is 7.38. The van der Waals surface area contributed by atoms with Gasteiger partial charge in [-0.25, -0.2) is 9.97 Å². The van der Waals surface area contributed by atoms with E-state index in [0.717, 1.165) is 32.8 Å². The van der Waals surface area contributed by atoms with Crippen molar-refractivity contribution in [3.8, 4) is 28.6 Å². The minimum atomic E-state index is 0.420. The molecule has 0 unspecified atom stereocenters. The zero-order valence-electron chi connectivity index (χ0n) is 16.0. The van der Waals surface area contributed by atoms with Gasteiger partial charge in [0.2, 0.25) is 5.89 Å². The molecule has 5 aromatic rings. The van der Waals surface area contributed by atoms with Crippen molar-refractivity contribution in [3.05, 3.63) is 78.9 Å². The summed E-state index contributed by atoms with van der Waals surface area (Å²) < 4.78 is 11.1. The summed E-state index contributed by atoms with van der Waals surface area (Å²) in [4.78, 5) is 9.49. The maximum absolute atomic E-state index is 5.88. The van der Waals surface area contributed by atoms with Crippen LogP contribution in [-0.2, 0) is 0 Å². The Morgan fingerprint density at radius 2 is 1.53 bits per heavy atom. The van der Waals surface area contributed by atoms with Crippen molar-refractivity contribution in [2.24, 2.45) is 0 Å². The number of hydrogen-bond acceptors (Lipinski definition) is 7. The molecule has 7 heteroatoms. The van der Waals surface area contributed by atoms with Gasteiger partial charge in [0.1, 0.15) is 10.8 Å². The van der Waals surface area contributed by atoms with Crippen LogP contribution >= 0.6 is 11.8 Å². The van der Waals surface area contributed by atoms with E-state index < -0.39 is 0 Å². The molecule has 0 fully saturated rings. The highest BCUT2D eigenvalue weighted by atomic mass is 32.2. The molecule has 0 spiro atoms. The molecule has 0 aliphatic carbocycles. The molecule has 0 bridgehead atoms. The van der Waals surface area contributed by atoms with Gasteiger partial charge in [-0.2, -0.15) is 0 Å². The van der Waals surface area contributed by atoms with Crippen LogP contribution in [0.1, 0.15) is 0 Å². The van der Waals surface area contributed by atoms with Gasteiger partial charge in [-0.05, 0) is 42.1 Å². The lowest BCUT2D eigenvalue weighted by Crippen LogP contribution is -1.93. The molecule has 3 aromatic carbocycles. The lowest BCUT2D eigenvalue weighted by Gasteiger charge is -2.07. The van der Waals surface area contributed by atoms with Crippen molar-refractivity contribution in [1.29, 1.82) is 0 Å². The number of ether oxygens (including phenoxy) is 1. The smallest absolute Gasteiger partial charge is 0.283 e. The molecule has 6 nitrogen and oxygen atoms in total. The van der Waals surface area contributed by atoms with Crippen molar-refractivity contribution < 1.29 is 9.15 Å². The summed E-state index contributed by atoms with van der Waals surface area (Å²) >= 11 is 1.33. The van der Waals surface area contributed by atoms with Crippen LogP contribution < -0.4 is 4.74 Å². The van der Waals surface area contributed by atoms with Gasteiger partial charge in [-0.1, -0.05) is 48.5 Å². The minimum absolute atomic E-state index is 0.420. The number of methoxy groups -OCH3 is 1. The number of nitrogens with zero attached hydrogens (tertiary/aromatic N) is 4. The predicted octanol–water partition coefficient (Wildman–Crippen LogP) is 5.51. The van der Waals surface area contributed by atoms with Crippen LogP contribution in [0, 0.1) is 0 Å². The van der Waals surface area contributed by atoms with Crippen LogP contribution in [0.4, 0.5) is 0 Å². The topological polar surface area (TPSA) is 73.9 Å². The van der Waals surface area contributed by atoms with Crippen LogP contribution in [0.5, 0.6) is 5.75 Å². The van der Waals surface area contributed by atoms with Crippen molar-refractivity contribution >= 4 is 22.7 Å². The fourth-order valence-electron chi connectivity index (χ4n) is 3.03. The van der Waals surface area contributed by atoms with Gasteiger partial charge in [-0.3, -0.25) is 0 Å². The zero-order valence-corrected chi connectivity index (χ0v) is 16.8. The molecular formula is C23H16N4O2S. The molecule has 146 valence electrons. The summed E-state index contributed by atoms with van der Waals surface area (Å²) in [5.41, 5.74) is 2.64. The largest absolute Gasteiger partial charge is 0.497 e. The lowest BCUT2D eigenvalue weighted by atomic mass is 10.2. The number of benzene rings is 3. The standard InChI is InChI=1S/C23H16N4O2S/c1-28-17-13-11-16(12-14-17)21-26-27-23(29-21)30-22-18-9-5-6-10-19(18)24-20(25-22)15-7-3-2-4-8-15/h2-14H,1H3. The molecule has 0 atom stereocenters. The molecule has 0 aliphatic rings. The molecule has 0 saturated heterocycles. The first-order valence-electron chi connectivity index (χ1n) is 9.28. The van der Waals surface area contributed by atoms with Crippen molar-refractivity contribution in [2.45, 2.75) is 10.2 Å². The first-order valence-corrected chi connectivity index (χ1v) is 10.1. The monoisotopic (exact) mass is 412 g/mol. The quantitative estimate of drug-likeness (QED) is 0.353. The minimum Gasteiger partial charge on any atom is -0.497 e. The van der Waals surface area contributed by atoms with E-state index in [2.05, 4.69) is 10.2 Å². The number of para-hydroxylation sites is 1. The SMILES string of the molecule is COc1ccc(-c2nnc(Sc3nc(-c4ccccc4)nc4ccccc34)o2)cc1. The second-order valence-electron chi connectivity index (χ2n) is 6.44. The highest BCUT2D eigenvalue weighted by Crippen LogP contribution is 2.34. The number of fused-ring (bicyclic) bond motifs is 1. The maximum atomic E-state index is 5.88. The summed E-state index contributed by atoms with van der Waals surface area (Å²) in [6, 6.07) is 25.3. The van der Waals surface area contributed by atoms with Gasteiger partial charge in [0.15, 0.2) is 5.82 Å². The number of aromatic nitrogens is 4. The van der Waals surface area contributed by atoms with Gasteiger partial charge in [0, 0.05) is 16.5 Å². The molecule has 0 amide bonds. The highest BCUT2D eigenvalue weighted by Gasteiger charge is 2.15. The zero-order chi connectivity index (χ0) is 20.3. The van der Waals surface area contributed by atoms with E-state index in [1.165, 1.54) is 11.8 Å². The first kappa shape index (κ1) is 18.3. The van der Waals surface area contributed by atoms with Crippen molar-refractivity contribution in [3.63, 3.8) is 0 Å². The third-order valence-electron chi connectivity index (χ3n) is 4.53. The Balaban J connectivity index is 1.51. The van der Waals surface area contributed by atoms with Gasteiger partial charge in [0.25, 0.3) is 5.22 Å². The molecule has 30 heavy (non-hydrogen) atoms. The Bertz CT molecular complexity index is 1300. The van der Waals surface area contributed by atoms with Crippen LogP contribution in [0.25, 0.3) is 33.7 Å². The second kappa shape index (κ2) is 7.96. The van der Waals surface area contributed by atoms with E-state index in [0.29, 0.717) is 16.9 Å². The third-order valence-corrected chi connectivity index (χ3v) is 5.37. The molecule has 0 N–H and O–H groups in total. The Kier molecular flexibility index (Phi) is 4.86. The van der Waals surface area contributed by atoms with Gasteiger partial charge < -0.3 is 9.15 Å². The Hall–Kier alpha value is -3.71. The van der Waals surface area contributed by atoms with E-state index in [9.17, 15) is 0 Å². The molecular weight excluding hydrogens is 396 g/mol. The number of hydrogen-bond donors (Lipinski definition) is 0. The molecule has 2 aromatic heterocycles. The van der Waals surface area contributed by atoms with Gasteiger partial charge >= 0.3 is 0 Å². The molecule has 0 aliphatic heterocycles. The summed E-state index contributed by atoms with van der Waals surface area (Å²) in [7, 11) is 1.63. The summed E-state index contributed by atoms with van der Waals surface area (Å²) in [6.07, 6.45) is 0. The molecule has 2 heterocycles. The first-order chi connectivity index (χ1) is 14.8. The Morgan fingerprint density at radius 1 is 0.767 bits per heavy atom. The van der Waals surface area contributed by atoms with E-state index >= 15 is 0 Å². The summed E-state index contributed by atoms with van der Waals surface area (Å²) in [6.45, 7) is 0. The average Bonchev–Trinajstić information content (AvgIpc) is 3.28. The lowest BCUT2D eigenvalue weighted by molar-refractivity contribution is 0.414. The fraction of sp³-hybridized carbons (Fsp3) is 0.0435. The fourth-order valence-corrected chi connectivity index (χ4v) is 3.81. The van der Waals surface area contributed by atoms with Crippen molar-refractivity contribution in [2.75, 3.05) is 7.11 Å². The van der Waals surface area contributed by atoms with E-state index in [1.807, 2.05) is 78.9 Å². The normalized spacial score (nSPS) is 11.0. The summed E-state index contributed by atoms with van der Waals surface area (Å²) in [5, 5.41) is 10.5. The summed E-state index contributed by atoms with van der Waals surface area (Å²) in [5.74, 6) is 1.88. The van der Waals surface area contributed by atoms with Crippen LogP contribution in [0.3, 0.4) is 0 Å². The maximum Gasteiger partial charge on any atom is 0.283 e. The van der Waals surface area contributed by atoms with Crippen LogP contribution in [0.15, 0.2) is 93.5 Å². The third kappa shape index (κ3) is 3.62. The Labute approximate surface area is 177 Å². The van der Waals surface area contributed by atoms with Crippen LogP contribution in [-0.4, -0.2) is 27.3 Å². The predicted molar refractivity (Wildman–Crippen MR) is 115 cm³/mol. The number of rotatable bonds is 5. The van der Waals surface area contributed by atoms with Crippen LogP contribution in [0.2, 0.25) is 0 Å². The van der Waals surface area contributed by atoms with Gasteiger partial charge in [0.05, 0.1) is 12.6 Å². The van der Waals surface area contributed by atoms with Crippen molar-refractivity contribution in [1.82, 2.24) is 20.2 Å². The van der Waals surface area contributed by atoms with E-state index in [4.69, 9.17) is 19.1 Å². The van der Waals surface area contributed by atoms with E-state index in [-0.39, 0.29) is 0 Å². The van der Waals surface area contributed by atoms with Gasteiger partial charge in [-0.15, -0.1) is 10.2 Å². The van der Waals surface area contributed by atoms with E-state index in [1.54, 1.807) is 7.11 Å². The highest BCUT2D eigenvalue weighted by molar-refractivity contribution is 7.99. The Morgan fingerprint density at radius 3 is 2.33 bits per heavy atom. The average molecular weight is 412 g/mol. The molecule has 0 radical (unpaired) electrons. The molecule has 5 rings (SSSR count). The molecule has 0 saturated carbocycles.